The van der Waals surface area contributed by atoms with Gasteiger partial charge in [0, 0.05) is 60.2 Å². The van der Waals surface area contributed by atoms with Crippen molar-refractivity contribution in [3.8, 4) is 11.1 Å². The molecule has 3 saturated heterocycles. The highest BCUT2D eigenvalue weighted by Crippen LogP contribution is 2.45. The maximum Gasteiger partial charge on any atom is 0.229 e. The van der Waals surface area contributed by atoms with Crippen LogP contribution in [0.1, 0.15) is 44.9 Å². The Labute approximate surface area is 220 Å². The number of ether oxygens (including phenoxy) is 1. The van der Waals surface area contributed by atoms with Crippen LogP contribution in [-0.2, 0) is 9.53 Å². The number of benzene rings is 1. The molecule has 6 rings (SSSR count). The highest BCUT2D eigenvalue weighted by Gasteiger charge is 2.43. The van der Waals surface area contributed by atoms with Crippen LogP contribution < -0.4 is 15.5 Å². The van der Waals surface area contributed by atoms with Gasteiger partial charge in [-0.2, -0.15) is 4.98 Å². The topological polar surface area (TPSA) is 84.6 Å². The Morgan fingerprint density at radius 3 is 2.67 bits per heavy atom. The van der Waals surface area contributed by atoms with Gasteiger partial charge < -0.3 is 20.3 Å². The van der Waals surface area contributed by atoms with Crippen molar-refractivity contribution in [1.29, 1.82) is 0 Å². The lowest BCUT2D eigenvalue weighted by Gasteiger charge is -2.39. The zero-order valence-corrected chi connectivity index (χ0v) is 22.1. The van der Waals surface area contributed by atoms with Gasteiger partial charge in [0.25, 0.3) is 0 Å². The molecule has 2 aromatic heterocycles. The Hall–Kier alpha value is -2.42. The summed E-state index contributed by atoms with van der Waals surface area (Å²) in [6, 6.07) is 8.77. The zero-order chi connectivity index (χ0) is 24.8. The van der Waals surface area contributed by atoms with Crippen LogP contribution in [-0.4, -0.2) is 54.3 Å². The third kappa shape index (κ3) is 4.33. The number of nitrogens with zero attached hydrogens (tertiary/aromatic N) is 4. The fraction of sp³-hybridized carbons (Fsp3) is 0.519. The van der Waals surface area contributed by atoms with Gasteiger partial charge in [-0.05, 0) is 50.5 Å². The van der Waals surface area contributed by atoms with E-state index in [0.717, 1.165) is 89.7 Å². The van der Waals surface area contributed by atoms with E-state index in [2.05, 4.69) is 21.2 Å². The minimum atomic E-state index is -0.236. The molecule has 3 unspecified atom stereocenters. The average molecular weight is 526 g/mol. The monoisotopic (exact) mass is 525 g/mol. The van der Waals surface area contributed by atoms with Gasteiger partial charge in [-0.25, -0.2) is 4.98 Å². The van der Waals surface area contributed by atoms with E-state index >= 15 is 0 Å². The van der Waals surface area contributed by atoms with E-state index in [9.17, 15) is 4.79 Å². The summed E-state index contributed by atoms with van der Waals surface area (Å²) in [5.41, 5.74) is 7.63. The van der Waals surface area contributed by atoms with Crippen LogP contribution in [0.2, 0.25) is 5.02 Å². The molecule has 3 aliphatic heterocycles. The number of carbonyl (C=O) groups is 1. The van der Waals surface area contributed by atoms with Gasteiger partial charge in [0.05, 0.1) is 11.5 Å². The number of methoxy groups -OCH3 is 1. The van der Waals surface area contributed by atoms with Crippen LogP contribution in [0, 0.1) is 5.92 Å². The Kier molecular flexibility index (Phi) is 6.52. The van der Waals surface area contributed by atoms with Crippen LogP contribution in [0.3, 0.4) is 0 Å². The second-order valence-electron chi connectivity index (χ2n) is 10.4. The van der Waals surface area contributed by atoms with Crippen molar-refractivity contribution in [3.05, 3.63) is 34.7 Å². The molecule has 0 spiro atoms. The number of hydrogen-bond donors (Lipinski definition) is 1. The largest absolute Gasteiger partial charge is 0.381 e. The Morgan fingerprint density at radius 1 is 1.17 bits per heavy atom. The van der Waals surface area contributed by atoms with E-state index in [1.807, 2.05) is 25.3 Å². The fourth-order valence-electron chi connectivity index (χ4n) is 6.49. The number of primary amides is 1. The van der Waals surface area contributed by atoms with Crippen LogP contribution >= 0.6 is 22.9 Å². The summed E-state index contributed by atoms with van der Waals surface area (Å²) >= 11 is 8.29. The van der Waals surface area contributed by atoms with Gasteiger partial charge in [0.2, 0.25) is 11.9 Å². The van der Waals surface area contributed by atoms with Crippen LogP contribution in [0.4, 0.5) is 11.8 Å². The van der Waals surface area contributed by atoms with E-state index in [0.29, 0.717) is 24.6 Å². The molecule has 9 heteroatoms. The molecule has 1 amide bonds. The molecule has 0 saturated carbocycles. The number of piperidine rings is 2. The number of carbonyl (C=O) groups excluding carboxylic acids is 1. The third-order valence-corrected chi connectivity index (χ3v) is 9.33. The van der Waals surface area contributed by atoms with Crippen molar-refractivity contribution in [2.24, 2.45) is 11.7 Å². The number of anilines is 2. The molecular weight excluding hydrogens is 494 g/mol. The summed E-state index contributed by atoms with van der Waals surface area (Å²) in [6.45, 7) is 1.67. The van der Waals surface area contributed by atoms with Gasteiger partial charge in [0.15, 0.2) is 0 Å². The molecule has 3 aromatic rings. The van der Waals surface area contributed by atoms with Crippen molar-refractivity contribution >= 4 is 50.8 Å². The molecule has 2 N–H and O–H groups in total. The van der Waals surface area contributed by atoms with Crippen molar-refractivity contribution in [2.45, 2.75) is 63.1 Å². The lowest BCUT2D eigenvalue weighted by atomic mass is 9.94. The van der Waals surface area contributed by atoms with Crippen molar-refractivity contribution in [2.75, 3.05) is 30.0 Å². The smallest absolute Gasteiger partial charge is 0.229 e. The summed E-state index contributed by atoms with van der Waals surface area (Å²) in [5, 5.41) is 3.93. The Balaban J connectivity index is 1.46. The average Bonchev–Trinajstić information content (AvgIpc) is 3.41. The standard InChI is InChI=1S/C27H32ClN5O2S/c1-35-19-12-17-8-9-18(13-19)33(17)27-30-25(32-10-4-5-16(14-32)11-23(29)34)24-21(15-36-26(24)31-27)20-6-2-3-7-22(20)28/h2-3,6-7,15-19H,4-5,8-14H2,1H3,(H2,29,34). The number of amides is 1. The summed E-state index contributed by atoms with van der Waals surface area (Å²) in [4.78, 5) is 27.9. The lowest BCUT2D eigenvalue weighted by Crippen LogP contribution is -2.46. The van der Waals surface area contributed by atoms with Crippen molar-refractivity contribution < 1.29 is 9.53 Å². The number of fused-ring (bicyclic) bond motifs is 3. The number of aromatic nitrogens is 2. The number of thiophene rings is 1. The quantitative estimate of drug-likeness (QED) is 0.473. The molecule has 36 heavy (non-hydrogen) atoms. The number of rotatable bonds is 6. The molecule has 190 valence electrons. The molecule has 3 aliphatic rings. The van der Waals surface area contributed by atoms with E-state index in [1.54, 1.807) is 11.3 Å². The second kappa shape index (κ2) is 9.80. The maximum absolute atomic E-state index is 11.7. The number of halogens is 1. The summed E-state index contributed by atoms with van der Waals surface area (Å²) in [7, 11) is 1.82. The first kappa shape index (κ1) is 23.9. The molecule has 5 heterocycles. The summed E-state index contributed by atoms with van der Waals surface area (Å²) in [5.74, 6) is 1.78. The minimum absolute atomic E-state index is 0.236. The SMILES string of the molecule is COC1CC2CCC(C1)N2c1nc(N2CCCC(CC(N)=O)C2)c2c(-c3ccccc3Cl)csc2n1. The zero-order valence-electron chi connectivity index (χ0n) is 20.5. The predicted octanol–water partition coefficient (Wildman–Crippen LogP) is 5.25. The van der Waals surface area contributed by atoms with E-state index in [-0.39, 0.29) is 11.8 Å². The first-order chi connectivity index (χ1) is 17.5. The molecule has 0 aliphatic carbocycles. The normalized spacial score (nSPS) is 26.1. The van der Waals surface area contributed by atoms with Gasteiger partial charge in [-0.3, -0.25) is 4.79 Å². The third-order valence-electron chi connectivity index (χ3n) is 8.13. The van der Waals surface area contributed by atoms with Crippen LogP contribution in [0.5, 0.6) is 0 Å². The minimum Gasteiger partial charge on any atom is -0.381 e. The summed E-state index contributed by atoms with van der Waals surface area (Å²) in [6.07, 6.45) is 7.08. The second-order valence-corrected chi connectivity index (χ2v) is 11.7. The van der Waals surface area contributed by atoms with Crippen molar-refractivity contribution in [1.82, 2.24) is 9.97 Å². The molecule has 2 bridgehead atoms. The molecule has 1 aromatic carbocycles. The maximum atomic E-state index is 11.7. The summed E-state index contributed by atoms with van der Waals surface area (Å²) < 4.78 is 5.73. The lowest BCUT2D eigenvalue weighted by molar-refractivity contribution is -0.118. The molecule has 3 fully saturated rings. The van der Waals surface area contributed by atoms with Crippen molar-refractivity contribution in [3.63, 3.8) is 0 Å². The molecule has 0 radical (unpaired) electrons. The van der Waals surface area contributed by atoms with E-state index in [1.165, 1.54) is 0 Å². The highest BCUT2D eigenvalue weighted by molar-refractivity contribution is 7.17. The van der Waals surface area contributed by atoms with E-state index in [4.69, 9.17) is 32.0 Å². The Morgan fingerprint density at radius 2 is 1.94 bits per heavy atom. The predicted molar refractivity (Wildman–Crippen MR) is 146 cm³/mol. The fourth-order valence-corrected chi connectivity index (χ4v) is 7.65. The Bertz CT molecular complexity index is 1270. The van der Waals surface area contributed by atoms with Gasteiger partial charge in [-0.1, -0.05) is 29.8 Å². The number of nitrogens with two attached hydrogens (primary N) is 1. The molecular formula is C27H32ClN5O2S. The highest BCUT2D eigenvalue weighted by atomic mass is 35.5. The van der Waals surface area contributed by atoms with E-state index < -0.39 is 0 Å². The first-order valence-corrected chi connectivity index (χ1v) is 14.2. The van der Waals surface area contributed by atoms with Gasteiger partial charge in [0.1, 0.15) is 10.6 Å². The number of hydrogen-bond acceptors (Lipinski definition) is 7. The molecule has 3 atom stereocenters. The van der Waals surface area contributed by atoms with Gasteiger partial charge >= 0.3 is 0 Å². The van der Waals surface area contributed by atoms with Gasteiger partial charge in [-0.15, -0.1) is 11.3 Å². The first-order valence-electron chi connectivity index (χ1n) is 12.9. The van der Waals surface area contributed by atoms with Crippen LogP contribution in [0.15, 0.2) is 29.6 Å². The van der Waals surface area contributed by atoms with Crippen LogP contribution in [0.25, 0.3) is 21.3 Å². The molecule has 7 nitrogen and oxygen atoms in total.